The number of carboxylic acid groups (broad SMARTS) is 1. The van der Waals surface area contributed by atoms with Crippen LogP contribution in [0.1, 0.15) is 219 Å². The van der Waals surface area contributed by atoms with Crippen LogP contribution in [-0.4, -0.2) is 222 Å². The third kappa shape index (κ3) is 31.2. The molecule has 0 bridgehead atoms. The molecule has 1 aromatic heterocycles. The molecule has 12 amide bonds. The highest BCUT2D eigenvalue weighted by Crippen LogP contribution is 2.43. The lowest BCUT2D eigenvalue weighted by molar-refractivity contribution is -0.142. The van der Waals surface area contributed by atoms with Gasteiger partial charge in [-0.25, -0.2) is 31.0 Å². The Morgan fingerprint density at radius 3 is 1.97 bits per heavy atom. The first-order valence-corrected chi connectivity index (χ1v) is 42.0. The number of carbonyl (C=O) groups is 12. The normalized spacial score (nSPS) is 15.1. The SMILES string of the molecule is BSC(CC)(CC)C1CC(=O)N(CCCCCC(=O)N[C@@H](C(=O)N[C@H](CCCNC(N)=O)C(=O)Nc2ccc(COC(=O)N(C)CCN(C)C(=O)Oc3ccc(C[C@@H](C[C@H](C)C(=O)O)NC(=O)c4csc([C@@H](C[C@H](C(C)C)N(CCC)C(=O)[C@@H](NC(=O)CN(C)CCCC)[C@@H](C)CC)OCCC)n4)cc3)cc2)C(C)C)C1=O. The number of anilines is 1. The predicted molar refractivity (Wildman–Crippen MR) is 438 cm³/mol. The number of unbranched alkanes of at least 4 members (excludes halogenated alkanes) is 3. The number of imide groups is 1. The molecule has 0 radical (unpaired) electrons. The lowest BCUT2D eigenvalue weighted by Crippen LogP contribution is -2.56. The van der Waals surface area contributed by atoms with E-state index in [2.05, 4.69) is 52.7 Å². The number of aromatic nitrogens is 1. The first-order chi connectivity index (χ1) is 53.2. The van der Waals surface area contributed by atoms with Gasteiger partial charge in [0.1, 0.15) is 47.3 Å². The van der Waals surface area contributed by atoms with E-state index >= 15 is 0 Å². The molecule has 1 fully saturated rings. The summed E-state index contributed by atoms with van der Waals surface area (Å²) in [6.07, 6.45) is 6.54. The number of rotatable bonds is 52. The van der Waals surface area contributed by atoms with Crippen LogP contribution in [0.4, 0.5) is 20.1 Å². The summed E-state index contributed by atoms with van der Waals surface area (Å²) in [6, 6.07) is 8.53. The maximum atomic E-state index is 14.8. The Morgan fingerprint density at radius 2 is 1.38 bits per heavy atom. The van der Waals surface area contributed by atoms with E-state index in [4.69, 9.17) is 24.9 Å². The number of likely N-dealkylation sites (N-methyl/N-ethyl adjacent to an activating group) is 3. The van der Waals surface area contributed by atoms with Crippen molar-refractivity contribution < 1.29 is 76.9 Å². The largest absolute Gasteiger partial charge is 0.481 e. The van der Waals surface area contributed by atoms with Gasteiger partial charge >= 0.3 is 24.2 Å². The third-order valence-corrected chi connectivity index (χ3v) is 23.3. The number of urea groups is 1. The molecular formula is C80H128BN13O16S2. The number of carboxylic acids is 1. The second-order valence-electron chi connectivity index (χ2n) is 30.2. The highest BCUT2D eigenvalue weighted by molar-refractivity contribution is 8.20. The summed E-state index contributed by atoms with van der Waals surface area (Å²) < 4.78 is 17.4. The fraction of sp³-hybridized carbons (Fsp3) is 0.662. The number of hydrogen-bond donors (Lipinski definition) is 8. The molecule has 2 aromatic carbocycles. The smallest absolute Gasteiger partial charge is 0.415 e. The average Bonchev–Trinajstić information content (AvgIpc) is 1.65. The second-order valence-corrected chi connectivity index (χ2v) is 32.3. The lowest BCUT2D eigenvalue weighted by atomic mass is 9.85. The van der Waals surface area contributed by atoms with Crippen LogP contribution in [0.2, 0.25) is 0 Å². The molecule has 624 valence electrons. The Bertz CT molecular complexity index is 3500. The van der Waals surface area contributed by atoms with E-state index in [0.29, 0.717) is 79.9 Å². The zero-order chi connectivity index (χ0) is 83.4. The first-order valence-electron chi connectivity index (χ1n) is 39.9. The molecule has 112 heavy (non-hydrogen) atoms. The standard InChI is InChI=1S/C80H128BN13O16S2/c1-16-22-39-90(13)48-66(96)89-69(53(11)19-4)75(102)93(38-17-2)63(51(7)8)47-64(108-43-18-3)73-87-62(50-111-73)71(99)85-58(44-54(12)76(103)104)45-55-31-35-59(36-32-55)110-79(107)92(15)42-41-91(14)78(106)109-49-56-29-33-57(34-30-56)84-70(98)61(27-26-37-83-77(82)105)86-72(100)68(52(9)10)88-65(95)28-24-23-25-40-94-67(97)46-60(74(94)101)80(20-5,21-6)112-81/h29-36,50-54,58,60-61,63-64,68-69H,16-28,37-49,81H2,1-15H3,(H,84,98)(H,85,99)(H,86,100)(H,88,95)(H,89,96)(H,103,104)(H3,82,83,105)/t53-,54-,58+,60?,61+,63+,64+,68+,69-/m0/s1. The van der Waals surface area contributed by atoms with Crippen molar-refractivity contribution in [2.45, 2.75) is 240 Å². The Kier molecular flexibility index (Phi) is 42.3. The number of amides is 12. The van der Waals surface area contributed by atoms with E-state index in [0.717, 1.165) is 32.2 Å². The number of nitrogens with one attached hydrogen (secondary N) is 6. The maximum absolute atomic E-state index is 14.8. The first kappa shape index (κ1) is 96.0. The minimum Gasteiger partial charge on any atom is -0.481 e. The molecule has 1 unspecified atom stereocenters. The van der Waals surface area contributed by atoms with Crippen molar-refractivity contribution in [1.29, 1.82) is 0 Å². The molecule has 32 heteroatoms. The predicted octanol–water partition coefficient (Wildman–Crippen LogP) is 9.47. The van der Waals surface area contributed by atoms with Crippen molar-refractivity contribution in [1.82, 2.24) is 56.1 Å². The maximum Gasteiger partial charge on any atom is 0.415 e. The summed E-state index contributed by atoms with van der Waals surface area (Å²) in [5.74, 6) is -5.21. The van der Waals surface area contributed by atoms with Gasteiger partial charge in [-0.1, -0.05) is 127 Å². The van der Waals surface area contributed by atoms with Crippen LogP contribution < -0.4 is 42.4 Å². The van der Waals surface area contributed by atoms with E-state index < -0.39 is 78.1 Å². The molecule has 1 saturated heterocycles. The number of benzene rings is 2. The van der Waals surface area contributed by atoms with Gasteiger partial charge in [-0.15, -0.1) is 11.3 Å². The minimum absolute atomic E-state index is 0.0170. The fourth-order valence-electron chi connectivity index (χ4n) is 13.4. The molecule has 1 aliphatic rings. The molecule has 3 aromatic rings. The van der Waals surface area contributed by atoms with Crippen LogP contribution in [-0.2, 0) is 60.9 Å². The van der Waals surface area contributed by atoms with Crippen molar-refractivity contribution >= 4 is 107 Å². The van der Waals surface area contributed by atoms with Crippen molar-refractivity contribution in [3.63, 3.8) is 0 Å². The van der Waals surface area contributed by atoms with Gasteiger partial charge < -0.3 is 71.7 Å². The van der Waals surface area contributed by atoms with Crippen molar-refractivity contribution in [3.8, 4) is 5.75 Å². The third-order valence-electron chi connectivity index (χ3n) is 20.6. The number of nitrogens with two attached hydrogens (primary N) is 1. The van der Waals surface area contributed by atoms with E-state index in [-0.39, 0.29) is 153 Å². The van der Waals surface area contributed by atoms with Crippen LogP contribution in [0.15, 0.2) is 53.9 Å². The van der Waals surface area contributed by atoms with Crippen molar-refractivity contribution in [2.75, 3.05) is 78.9 Å². The fourth-order valence-corrected chi connectivity index (χ4v) is 15.3. The summed E-state index contributed by atoms with van der Waals surface area (Å²) >= 11 is 2.91. The number of carbonyl (C=O) groups excluding carboxylic acids is 11. The van der Waals surface area contributed by atoms with E-state index in [1.165, 1.54) is 40.1 Å². The molecule has 0 aliphatic carbocycles. The summed E-state index contributed by atoms with van der Waals surface area (Å²) in [5.41, 5.74) is 7.05. The lowest BCUT2D eigenvalue weighted by Gasteiger charge is -2.39. The number of primary amides is 1. The van der Waals surface area contributed by atoms with Crippen LogP contribution in [0, 0.1) is 29.6 Å². The van der Waals surface area contributed by atoms with E-state index in [1.54, 1.807) is 86.3 Å². The summed E-state index contributed by atoms with van der Waals surface area (Å²) in [7, 11) is 6.90. The molecule has 0 saturated carbocycles. The molecule has 29 nitrogen and oxygen atoms in total. The molecule has 1 aliphatic heterocycles. The van der Waals surface area contributed by atoms with Crippen molar-refractivity contribution in [2.24, 2.45) is 35.3 Å². The van der Waals surface area contributed by atoms with Gasteiger partial charge in [-0.2, -0.15) is 0 Å². The van der Waals surface area contributed by atoms with Gasteiger partial charge in [0, 0.05) is 101 Å². The van der Waals surface area contributed by atoms with Crippen LogP contribution in [0.3, 0.4) is 0 Å². The highest BCUT2D eigenvalue weighted by atomic mass is 32.2. The van der Waals surface area contributed by atoms with Crippen LogP contribution in [0.25, 0.3) is 0 Å². The monoisotopic (exact) mass is 1600 g/mol. The summed E-state index contributed by atoms with van der Waals surface area (Å²) in [5, 5.41) is 29.2. The van der Waals surface area contributed by atoms with Crippen LogP contribution >= 0.6 is 22.9 Å². The number of thiazole rings is 1. The molecule has 4 rings (SSSR count). The summed E-state index contributed by atoms with van der Waals surface area (Å²) in [6.45, 7) is 25.6. The molecule has 2 heterocycles. The molecule has 9 N–H and O–H groups in total. The van der Waals surface area contributed by atoms with Gasteiger partial charge in [0.15, 0.2) is 7.12 Å². The number of ether oxygens (including phenoxy) is 3. The van der Waals surface area contributed by atoms with Gasteiger partial charge in [-0.3, -0.25) is 53.0 Å². The second kappa shape index (κ2) is 49.3. The molecule has 0 spiro atoms. The van der Waals surface area contributed by atoms with E-state index in [1.807, 2.05) is 65.5 Å². The zero-order valence-electron chi connectivity index (χ0n) is 69.1. The number of nitrogens with zero attached hydrogens (tertiary/aromatic N) is 6. The zero-order valence-corrected chi connectivity index (χ0v) is 70.7. The molecule has 9 atom stereocenters. The topological polar surface area (TPSA) is 380 Å². The summed E-state index contributed by atoms with van der Waals surface area (Å²) in [4.78, 5) is 172. The Hall–Kier alpha value is -8.36. The van der Waals surface area contributed by atoms with E-state index in [9.17, 15) is 62.6 Å². The minimum atomic E-state index is -1.10. The van der Waals surface area contributed by atoms with Gasteiger partial charge in [-0.05, 0) is 137 Å². The van der Waals surface area contributed by atoms with Gasteiger partial charge in [0.25, 0.3) is 5.91 Å². The quantitative estimate of drug-likeness (QED) is 0.0148. The Labute approximate surface area is 672 Å². The Balaban J connectivity index is 1.31. The number of hydrogen-bond acceptors (Lipinski definition) is 19. The Morgan fingerprint density at radius 1 is 0.732 bits per heavy atom. The number of likely N-dealkylation sites (tertiary alicyclic amines) is 1. The highest BCUT2D eigenvalue weighted by Gasteiger charge is 2.49. The molecular weight excluding hydrogens is 1470 g/mol. The average molecular weight is 1600 g/mol. The van der Waals surface area contributed by atoms with Crippen LogP contribution in [0.5, 0.6) is 5.75 Å². The number of aliphatic carboxylic acids is 1. The van der Waals surface area contributed by atoms with Gasteiger partial charge in [0.2, 0.25) is 41.4 Å². The van der Waals surface area contributed by atoms with Crippen molar-refractivity contribution in [3.05, 3.63) is 75.7 Å². The van der Waals surface area contributed by atoms with Gasteiger partial charge in [0.05, 0.1) is 18.4 Å².